The number of amides is 1. The highest BCUT2D eigenvalue weighted by atomic mass is 16.6. The van der Waals surface area contributed by atoms with Crippen molar-refractivity contribution in [3.8, 4) is 0 Å². The second kappa shape index (κ2) is 7.45. The van der Waals surface area contributed by atoms with Crippen LogP contribution in [0, 0.1) is 0 Å². The molecule has 0 bridgehead atoms. The third-order valence-corrected chi connectivity index (χ3v) is 4.63. The van der Waals surface area contributed by atoms with Crippen LogP contribution in [0.1, 0.15) is 35.5 Å². The summed E-state index contributed by atoms with van der Waals surface area (Å²) in [6.45, 7) is 0. The predicted molar refractivity (Wildman–Crippen MR) is 102 cm³/mol. The summed E-state index contributed by atoms with van der Waals surface area (Å²) in [7, 11) is 1.91. The molecular weight excluding hydrogens is 340 g/mol. The maximum Gasteiger partial charge on any atom is 0.270 e. The van der Waals surface area contributed by atoms with Crippen LogP contribution in [0.2, 0.25) is 0 Å². The molecule has 6 nitrogen and oxygen atoms in total. The highest BCUT2D eigenvalue weighted by Crippen LogP contribution is 2.28. The average Bonchev–Trinajstić information content (AvgIpc) is 3.37. The number of oxime groups is 1. The smallest absolute Gasteiger partial charge is 0.270 e. The second-order valence-electron chi connectivity index (χ2n) is 6.46. The summed E-state index contributed by atoms with van der Waals surface area (Å²) in [5.74, 6) is 0.513. The van der Waals surface area contributed by atoms with Crippen LogP contribution in [0.4, 0.5) is 0 Å². The van der Waals surface area contributed by atoms with Crippen molar-refractivity contribution in [1.82, 2.24) is 14.9 Å². The Morgan fingerprint density at radius 1 is 1.15 bits per heavy atom. The molecule has 0 spiro atoms. The molecule has 0 saturated heterocycles. The van der Waals surface area contributed by atoms with E-state index in [0.717, 1.165) is 17.0 Å². The topological polar surface area (TPSA) is 68.5 Å². The van der Waals surface area contributed by atoms with E-state index in [0.29, 0.717) is 12.1 Å². The van der Waals surface area contributed by atoms with Gasteiger partial charge in [0.1, 0.15) is 17.6 Å². The van der Waals surface area contributed by atoms with Gasteiger partial charge in [0.15, 0.2) is 6.10 Å². The van der Waals surface area contributed by atoms with Crippen LogP contribution in [0.25, 0.3) is 0 Å². The molecular formula is C21H20N4O2. The van der Waals surface area contributed by atoms with E-state index in [1.807, 2.05) is 78.5 Å². The molecule has 2 heterocycles. The number of rotatable bonds is 5. The van der Waals surface area contributed by atoms with Crippen molar-refractivity contribution in [2.75, 3.05) is 0 Å². The van der Waals surface area contributed by atoms with E-state index in [1.165, 1.54) is 0 Å². The summed E-state index contributed by atoms with van der Waals surface area (Å²) < 4.78 is 1.90. The first-order chi connectivity index (χ1) is 13.2. The fourth-order valence-electron chi connectivity index (χ4n) is 3.17. The summed E-state index contributed by atoms with van der Waals surface area (Å²) in [5.41, 5.74) is 2.35. The number of nitrogens with zero attached hydrogens (tertiary/aromatic N) is 3. The first kappa shape index (κ1) is 17.0. The lowest BCUT2D eigenvalue weighted by Crippen LogP contribution is -2.35. The van der Waals surface area contributed by atoms with E-state index in [-0.39, 0.29) is 18.1 Å². The zero-order valence-corrected chi connectivity index (χ0v) is 14.9. The van der Waals surface area contributed by atoms with Gasteiger partial charge in [-0.15, -0.1) is 0 Å². The Morgan fingerprint density at radius 3 is 2.52 bits per heavy atom. The zero-order chi connectivity index (χ0) is 18.6. The monoisotopic (exact) mass is 360 g/mol. The van der Waals surface area contributed by atoms with Crippen LogP contribution in [-0.2, 0) is 16.7 Å². The molecule has 1 aliphatic rings. The third kappa shape index (κ3) is 3.60. The van der Waals surface area contributed by atoms with Crippen LogP contribution in [0.5, 0.6) is 0 Å². The van der Waals surface area contributed by atoms with Gasteiger partial charge in [-0.05, 0) is 11.1 Å². The van der Waals surface area contributed by atoms with Gasteiger partial charge in [-0.2, -0.15) is 0 Å². The predicted octanol–water partition coefficient (Wildman–Crippen LogP) is 3.14. The molecule has 2 aromatic carbocycles. The molecule has 0 fully saturated rings. The molecule has 1 N–H and O–H groups in total. The summed E-state index contributed by atoms with van der Waals surface area (Å²) in [5, 5.41) is 7.08. The molecule has 2 atom stereocenters. The minimum absolute atomic E-state index is 0.227. The number of carbonyl (C=O) groups is 1. The molecule has 27 heavy (non-hydrogen) atoms. The van der Waals surface area contributed by atoms with Crippen LogP contribution in [-0.4, -0.2) is 21.2 Å². The molecule has 0 aliphatic carbocycles. The standard InChI is InChI=1S/C21H20N4O2/c1-25-13-12-22-20(25)19(16-10-6-3-7-11-16)23-21(26)17-14-18(27-24-17)15-8-4-2-5-9-15/h2-13,18-19H,14H2,1H3,(H,23,26)/t18-,19+/m1/s1. The highest BCUT2D eigenvalue weighted by Gasteiger charge is 2.30. The Hall–Kier alpha value is -3.41. The SMILES string of the molecule is Cn1ccnc1[C@@H](NC(=O)C1=NO[C@@H](c2ccccc2)C1)c1ccccc1. The molecule has 0 unspecified atom stereocenters. The number of benzene rings is 2. The Kier molecular flexibility index (Phi) is 4.70. The summed E-state index contributed by atoms with van der Waals surface area (Å²) >= 11 is 0. The number of aryl methyl sites for hydroxylation is 1. The van der Waals surface area contributed by atoms with Gasteiger partial charge in [0.25, 0.3) is 5.91 Å². The van der Waals surface area contributed by atoms with Gasteiger partial charge in [-0.3, -0.25) is 4.79 Å². The molecule has 0 saturated carbocycles. The van der Waals surface area contributed by atoms with Crippen molar-refractivity contribution in [2.24, 2.45) is 12.2 Å². The third-order valence-electron chi connectivity index (χ3n) is 4.63. The maximum atomic E-state index is 12.9. The lowest BCUT2D eigenvalue weighted by atomic mass is 10.0. The van der Waals surface area contributed by atoms with Gasteiger partial charge in [0.05, 0.1) is 0 Å². The highest BCUT2D eigenvalue weighted by molar-refractivity contribution is 6.39. The first-order valence-electron chi connectivity index (χ1n) is 8.83. The molecule has 6 heteroatoms. The second-order valence-corrected chi connectivity index (χ2v) is 6.46. The maximum absolute atomic E-state index is 12.9. The minimum Gasteiger partial charge on any atom is -0.387 e. The fourth-order valence-corrected chi connectivity index (χ4v) is 3.17. The molecule has 0 radical (unpaired) electrons. The number of aromatic nitrogens is 2. The number of imidazole rings is 1. The van der Waals surface area contributed by atoms with Gasteiger partial charge in [0, 0.05) is 25.9 Å². The molecule has 4 rings (SSSR count). The lowest BCUT2D eigenvalue weighted by Gasteiger charge is -2.19. The Labute approximate surface area is 157 Å². The van der Waals surface area contributed by atoms with Gasteiger partial charge in [-0.1, -0.05) is 65.8 Å². The average molecular weight is 360 g/mol. The quantitative estimate of drug-likeness (QED) is 0.760. The fraction of sp³-hybridized carbons (Fsp3) is 0.190. The summed E-state index contributed by atoms with van der Waals surface area (Å²) in [6, 6.07) is 19.2. The van der Waals surface area contributed by atoms with Crippen molar-refractivity contribution in [3.63, 3.8) is 0 Å². The van der Waals surface area contributed by atoms with E-state index >= 15 is 0 Å². The number of nitrogens with one attached hydrogen (secondary N) is 1. The largest absolute Gasteiger partial charge is 0.387 e. The van der Waals surface area contributed by atoms with E-state index in [1.54, 1.807) is 6.20 Å². The van der Waals surface area contributed by atoms with Crippen molar-refractivity contribution < 1.29 is 9.63 Å². The lowest BCUT2D eigenvalue weighted by molar-refractivity contribution is -0.115. The van der Waals surface area contributed by atoms with Crippen molar-refractivity contribution in [2.45, 2.75) is 18.6 Å². The Morgan fingerprint density at radius 2 is 1.85 bits per heavy atom. The van der Waals surface area contributed by atoms with Gasteiger partial charge < -0.3 is 14.7 Å². The van der Waals surface area contributed by atoms with Crippen LogP contribution < -0.4 is 5.32 Å². The van der Waals surface area contributed by atoms with Gasteiger partial charge >= 0.3 is 0 Å². The van der Waals surface area contributed by atoms with E-state index in [2.05, 4.69) is 15.5 Å². The molecule has 1 aromatic heterocycles. The first-order valence-corrected chi connectivity index (χ1v) is 8.83. The minimum atomic E-state index is -0.364. The molecule has 3 aromatic rings. The number of carbonyl (C=O) groups excluding carboxylic acids is 1. The Balaban J connectivity index is 1.52. The van der Waals surface area contributed by atoms with Crippen LogP contribution in [0.15, 0.2) is 78.2 Å². The van der Waals surface area contributed by atoms with Crippen LogP contribution >= 0.6 is 0 Å². The van der Waals surface area contributed by atoms with E-state index in [4.69, 9.17) is 4.84 Å². The van der Waals surface area contributed by atoms with Gasteiger partial charge in [0.2, 0.25) is 0 Å². The van der Waals surface area contributed by atoms with Crippen molar-refractivity contribution >= 4 is 11.6 Å². The van der Waals surface area contributed by atoms with E-state index < -0.39 is 0 Å². The zero-order valence-electron chi connectivity index (χ0n) is 14.9. The molecule has 1 aliphatic heterocycles. The van der Waals surface area contributed by atoms with E-state index in [9.17, 15) is 4.79 Å². The molecule has 136 valence electrons. The summed E-state index contributed by atoms with van der Waals surface area (Å²) in [4.78, 5) is 22.7. The van der Waals surface area contributed by atoms with Gasteiger partial charge in [-0.25, -0.2) is 4.98 Å². The summed E-state index contributed by atoms with van der Waals surface area (Å²) in [6.07, 6.45) is 3.80. The number of hydrogen-bond acceptors (Lipinski definition) is 4. The number of hydrogen-bond donors (Lipinski definition) is 1. The van der Waals surface area contributed by atoms with Crippen molar-refractivity contribution in [1.29, 1.82) is 0 Å². The molecule has 1 amide bonds. The van der Waals surface area contributed by atoms with Crippen LogP contribution in [0.3, 0.4) is 0 Å². The van der Waals surface area contributed by atoms with Crippen molar-refractivity contribution in [3.05, 3.63) is 90.0 Å². The Bertz CT molecular complexity index is 951. The normalized spacial score (nSPS) is 17.1.